The van der Waals surface area contributed by atoms with Crippen LogP contribution in [0.15, 0.2) is 0 Å². The average Bonchev–Trinajstić information content (AvgIpc) is 2.04. The zero-order valence-corrected chi connectivity index (χ0v) is 7.58. The summed E-state index contributed by atoms with van der Waals surface area (Å²) in [5.74, 6) is 0. The fraction of sp³-hybridized carbons (Fsp3) is 1.00. The standard InChI is InChI=1S/C9H19NO/c1-3-8-7-9(11)5-6-10(8)4-2/h8-9,11H,3-7H2,1-2H3. The van der Waals surface area contributed by atoms with Gasteiger partial charge in [0.15, 0.2) is 0 Å². The summed E-state index contributed by atoms with van der Waals surface area (Å²) in [5.41, 5.74) is 0. The molecule has 2 heteroatoms. The zero-order chi connectivity index (χ0) is 8.27. The lowest BCUT2D eigenvalue weighted by Crippen LogP contribution is -2.43. The molecule has 1 N–H and O–H groups in total. The third-order valence-corrected chi connectivity index (χ3v) is 2.69. The van der Waals surface area contributed by atoms with Crippen LogP contribution in [0.2, 0.25) is 0 Å². The summed E-state index contributed by atoms with van der Waals surface area (Å²) in [4.78, 5) is 2.46. The lowest BCUT2D eigenvalue weighted by molar-refractivity contribution is 0.0430. The van der Waals surface area contributed by atoms with Crippen molar-refractivity contribution in [2.24, 2.45) is 0 Å². The van der Waals surface area contributed by atoms with Crippen LogP contribution >= 0.6 is 0 Å². The maximum atomic E-state index is 9.40. The molecule has 11 heavy (non-hydrogen) atoms. The molecule has 1 saturated heterocycles. The van der Waals surface area contributed by atoms with Gasteiger partial charge in [0, 0.05) is 12.6 Å². The highest BCUT2D eigenvalue weighted by molar-refractivity contribution is 4.79. The molecule has 2 atom stereocenters. The maximum Gasteiger partial charge on any atom is 0.0567 e. The topological polar surface area (TPSA) is 23.5 Å². The Morgan fingerprint density at radius 2 is 2.18 bits per heavy atom. The summed E-state index contributed by atoms with van der Waals surface area (Å²) in [5, 5.41) is 9.40. The second kappa shape index (κ2) is 4.07. The second-order valence-electron chi connectivity index (χ2n) is 3.37. The molecule has 0 aromatic heterocycles. The van der Waals surface area contributed by atoms with Crippen LogP contribution in [0, 0.1) is 0 Å². The third-order valence-electron chi connectivity index (χ3n) is 2.69. The van der Waals surface area contributed by atoms with Crippen LogP contribution in [0.1, 0.15) is 33.1 Å². The Hall–Kier alpha value is -0.0800. The molecule has 2 nitrogen and oxygen atoms in total. The molecule has 0 aromatic rings. The van der Waals surface area contributed by atoms with Crippen LogP contribution in [-0.2, 0) is 0 Å². The van der Waals surface area contributed by atoms with Crippen LogP contribution < -0.4 is 0 Å². The first-order valence-electron chi connectivity index (χ1n) is 4.70. The Morgan fingerprint density at radius 3 is 2.73 bits per heavy atom. The number of hydrogen-bond donors (Lipinski definition) is 1. The van der Waals surface area contributed by atoms with Gasteiger partial charge in [-0.15, -0.1) is 0 Å². The van der Waals surface area contributed by atoms with E-state index in [4.69, 9.17) is 0 Å². The highest BCUT2D eigenvalue weighted by atomic mass is 16.3. The van der Waals surface area contributed by atoms with E-state index in [0.29, 0.717) is 6.04 Å². The summed E-state index contributed by atoms with van der Waals surface area (Å²) in [7, 11) is 0. The van der Waals surface area contributed by atoms with Gasteiger partial charge in [-0.3, -0.25) is 0 Å². The van der Waals surface area contributed by atoms with E-state index >= 15 is 0 Å². The molecule has 0 bridgehead atoms. The molecule has 0 saturated carbocycles. The second-order valence-corrected chi connectivity index (χ2v) is 3.37. The van der Waals surface area contributed by atoms with Gasteiger partial charge in [-0.25, -0.2) is 0 Å². The predicted octanol–water partition coefficient (Wildman–Crippen LogP) is 1.24. The van der Waals surface area contributed by atoms with E-state index in [0.717, 1.165) is 25.9 Å². The molecule has 0 spiro atoms. The molecule has 66 valence electrons. The van der Waals surface area contributed by atoms with Gasteiger partial charge >= 0.3 is 0 Å². The molecule has 0 aromatic carbocycles. The van der Waals surface area contributed by atoms with E-state index < -0.39 is 0 Å². The number of rotatable bonds is 2. The molecule has 1 rings (SSSR count). The third kappa shape index (κ3) is 2.17. The van der Waals surface area contributed by atoms with E-state index in [2.05, 4.69) is 18.7 Å². The highest BCUT2D eigenvalue weighted by Crippen LogP contribution is 2.19. The minimum atomic E-state index is -0.0391. The molecule has 1 fully saturated rings. The van der Waals surface area contributed by atoms with Crippen molar-refractivity contribution >= 4 is 0 Å². The number of aliphatic hydroxyl groups excluding tert-OH is 1. The van der Waals surface area contributed by atoms with E-state index in [1.165, 1.54) is 6.42 Å². The predicted molar refractivity (Wildman–Crippen MR) is 46.6 cm³/mol. The number of likely N-dealkylation sites (tertiary alicyclic amines) is 1. The van der Waals surface area contributed by atoms with Crippen LogP contribution in [0.4, 0.5) is 0 Å². The van der Waals surface area contributed by atoms with Crippen molar-refractivity contribution in [2.75, 3.05) is 13.1 Å². The quantitative estimate of drug-likeness (QED) is 0.652. The Kier molecular flexibility index (Phi) is 3.34. The van der Waals surface area contributed by atoms with Crippen molar-refractivity contribution in [2.45, 2.75) is 45.3 Å². The van der Waals surface area contributed by atoms with Crippen LogP contribution in [0.25, 0.3) is 0 Å². The molecule has 0 aliphatic carbocycles. The van der Waals surface area contributed by atoms with E-state index in [1.807, 2.05) is 0 Å². The van der Waals surface area contributed by atoms with Crippen LogP contribution in [0.3, 0.4) is 0 Å². The van der Waals surface area contributed by atoms with Crippen molar-refractivity contribution in [1.82, 2.24) is 4.90 Å². The van der Waals surface area contributed by atoms with Crippen molar-refractivity contribution < 1.29 is 5.11 Å². The molecule has 1 aliphatic rings. The van der Waals surface area contributed by atoms with Crippen molar-refractivity contribution in [1.29, 1.82) is 0 Å². The summed E-state index contributed by atoms with van der Waals surface area (Å²) in [6.45, 7) is 6.60. The van der Waals surface area contributed by atoms with E-state index in [-0.39, 0.29) is 6.10 Å². The Labute approximate surface area is 69.2 Å². The van der Waals surface area contributed by atoms with Crippen molar-refractivity contribution in [3.63, 3.8) is 0 Å². The molecular weight excluding hydrogens is 138 g/mol. The molecule has 0 radical (unpaired) electrons. The van der Waals surface area contributed by atoms with Crippen molar-refractivity contribution in [3.05, 3.63) is 0 Å². The first-order valence-corrected chi connectivity index (χ1v) is 4.70. The molecule has 1 aliphatic heterocycles. The zero-order valence-electron chi connectivity index (χ0n) is 7.58. The van der Waals surface area contributed by atoms with Gasteiger partial charge < -0.3 is 10.0 Å². The van der Waals surface area contributed by atoms with Gasteiger partial charge in [-0.05, 0) is 25.8 Å². The van der Waals surface area contributed by atoms with Gasteiger partial charge in [0.1, 0.15) is 0 Å². The number of nitrogens with zero attached hydrogens (tertiary/aromatic N) is 1. The van der Waals surface area contributed by atoms with Crippen LogP contribution in [-0.4, -0.2) is 35.2 Å². The van der Waals surface area contributed by atoms with Crippen LogP contribution in [0.5, 0.6) is 0 Å². The Bertz CT molecular complexity index is 116. The molecule has 1 heterocycles. The fourth-order valence-corrected chi connectivity index (χ4v) is 1.92. The Balaban J connectivity index is 2.41. The van der Waals surface area contributed by atoms with Crippen molar-refractivity contribution in [3.8, 4) is 0 Å². The van der Waals surface area contributed by atoms with Gasteiger partial charge in [0.2, 0.25) is 0 Å². The summed E-state index contributed by atoms with van der Waals surface area (Å²) in [6.07, 6.45) is 3.07. The lowest BCUT2D eigenvalue weighted by atomic mass is 9.98. The molecule has 2 unspecified atom stereocenters. The SMILES string of the molecule is CCC1CC(O)CCN1CC. The maximum absolute atomic E-state index is 9.40. The first kappa shape index (κ1) is 9.01. The normalized spacial score (nSPS) is 34.1. The number of aliphatic hydroxyl groups is 1. The average molecular weight is 157 g/mol. The van der Waals surface area contributed by atoms with E-state index in [9.17, 15) is 5.11 Å². The van der Waals surface area contributed by atoms with Gasteiger partial charge in [0.25, 0.3) is 0 Å². The van der Waals surface area contributed by atoms with E-state index in [1.54, 1.807) is 0 Å². The fourth-order valence-electron chi connectivity index (χ4n) is 1.92. The minimum absolute atomic E-state index is 0.0391. The number of piperidine rings is 1. The first-order chi connectivity index (χ1) is 5.27. The smallest absolute Gasteiger partial charge is 0.0567 e. The van der Waals surface area contributed by atoms with Gasteiger partial charge in [-0.1, -0.05) is 13.8 Å². The molecule has 0 amide bonds. The highest BCUT2D eigenvalue weighted by Gasteiger charge is 2.24. The monoisotopic (exact) mass is 157 g/mol. The largest absolute Gasteiger partial charge is 0.393 e. The number of hydrogen-bond acceptors (Lipinski definition) is 2. The Morgan fingerprint density at radius 1 is 1.45 bits per heavy atom. The lowest BCUT2D eigenvalue weighted by Gasteiger charge is -2.36. The molecular formula is C9H19NO. The van der Waals surface area contributed by atoms with Gasteiger partial charge in [0.05, 0.1) is 6.10 Å². The minimum Gasteiger partial charge on any atom is -0.393 e. The summed E-state index contributed by atoms with van der Waals surface area (Å²) >= 11 is 0. The summed E-state index contributed by atoms with van der Waals surface area (Å²) < 4.78 is 0. The van der Waals surface area contributed by atoms with Gasteiger partial charge in [-0.2, -0.15) is 0 Å². The summed E-state index contributed by atoms with van der Waals surface area (Å²) in [6, 6.07) is 0.628.